The van der Waals surface area contributed by atoms with Gasteiger partial charge < -0.3 is 20.4 Å². The van der Waals surface area contributed by atoms with Crippen LogP contribution in [0.2, 0.25) is 0 Å². The highest BCUT2D eigenvalue weighted by Crippen LogP contribution is 2.29. The smallest absolute Gasteiger partial charge is 0.294 e. The first kappa shape index (κ1) is 32.1. The molecule has 0 aliphatic rings. The van der Waals surface area contributed by atoms with Crippen molar-refractivity contribution in [3.8, 4) is 0 Å². The lowest BCUT2D eigenvalue weighted by atomic mass is 10.1. The number of fused-ring (bicyclic) bond motifs is 2. The lowest BCUT2D eigenvalue weighted by molar-refractivity contribution is 0.0990. The normalized spacial score (nSPS) is 11.7. The Balaban J connectivity index is 1.35. The molecule has 0 unspecified atom stereocenters. The van der Waals surface area contributed by atoms with Gasteiger partial charge in [0.2, 0.25) is 0 Å². The van der Waals surface area contributed by atoms with Crippen molar-refractivity contribution in [2.75, 3.05) is 16.0 Å². The first-order chi connectivity index (χ1) is 22.8. The van der Waals surface area contributed by atoms with Gasteiger partial charge in [-0.15, -0.1) is 0 Å². The van der Waals surface area contributed by atoms with Crippen LogP contribution in [0.4, 0.5) is 17.1 Å². The number of carbonyl (C=O) groups excluding carboxylic acids is 3. The van der Waals surface area contributed by atoms with E-state index in [1.165, 1.54) is 73.0 Å². The van der Waals surface area contributed by atoms with Gasteiger partial charge in [-0.2, -0.15) is 16.8 Å². The van der Waals surface area contributed by atoms with E-state index in [2.05, 4.69) is 16.0 Å². The van der Waals surface area contributed by atoms with Crippen molar-refractivity contribution >= 4 is 76.6 Å². The van der Waals surface area contributed by atoms with Crippen LogP contribution in [0, 0.1) is 0 Å². The molecule has 0 aliphatic carbocycles. The SMILES string of the molecule is O=C(Nc1cccc2cc(S(=O)(=O)O)ccc12)c1cc(NC(=O)c2ccco2)cc(C(=O)Nc2cccc3cc(S(=O)(=O)O)ccc23)c1. The Hall–Kier alpha value is -5.87. The molecule has 5 N–H and O–H groups in total. The van der Waals surface area contributed by atoms with Crippen LogP contribution in [-0.2, 0) is 20.2 Å². The van der Waals surface area contributed by atoms with Crippen molar-refractivity contribution in [3.05, 3.63) is 126 Å². The van der Waals surface area contributed by atoms with Crippen LogP contribution in [0.25, 0.3) is 21.5 Å². The summed E-state index contributed by atoms with van der Waals surface area (Å²) < 4.78 is 70.4. The van der Waals surface area contributed by atoms with Crippen LogP contribution < -0.4 is 16.0 Å². The lowest BCUT2D eigenvalue weighted by Crippen LogP contribution is -2.18. The zero-order valence-corrected chi connectivity index (χ0v) is 26.0. The summed E-state index contributed by atoms with van der Waals surface area (Å²) >= 11 is 0. The fourth-order valence-electron chi connectivity index (χ4n) is 5.01. The summed E-state index contributed by atoms with van der Waals surface area (Å²) in [6.45, 7) is 0. The third-order valence-electron chi connectivity index (χ3n) is 7.26. The van der Waals surface area contributed by atoms with Gasteiger partial charge in [0, 0.05) is 39.0 Å². The highest BCUT2D eigenvalue weighted by Gasteiger charge is 2.19. The van der Waals surface area contributed by atoms with Crippen molar-refractivity contribution in [3.63, 3.8) is 0 Å². The van der Waals surface area contributed by atoms with Crippen LogP contribution in [0.5, 0.6) is 0 Å². The minimum Gasteiger partial charge on any atom is -0.459 e. The Morgan fingerprint density at radius 1 is 0.542 bits per heavy atom. The summed E-state index contributed by atoms with van der Waals surface area (Å²) in [4.78, 5) is 39.3. The Morgan fingerprint density at radius 2 is 1.04 bits per heavy atom. The summed E-state index contributed by atoms with van der Waals surface area (Å²) in [5.74, 6) is -2.01. The Morgan fingerprint density at radius 3 is 1.48 bits per heavy atom. The quantitative estimate of drug-likeness (QED) is 0.121. The summed E-state index contributed by atoms with van der Waals surface area (Å²) in [6.07, 6.45) is 1.31. The molecule has 0 atom stereocenters. The molecule has 3 amide bonds. The molecule has 0 saturated heterocycles. The largest absolute Gasteiger partial charge is 0.459 e. The van der Waals surface area contributed by atoms with E-state index in [-0.39, 0.29) is 32.4 Å². The van der Waals surface area contributed by atoms with Gasteiger partial charge in [-0.3, -0.25) is 23.5 Å². The maximum absolute atomic E-state index is 13.6. The standard InChI is InChI=1S/C33H23N3O10S2/c37-31(35-28-6-1-4-19-17-24(47(40,41)42)9-11-26(19)28)21-14-22(16-23(15-21)34-33(39)30-8-3-13-46-30)32(38)36-29-7-2-5-20-18-25(48(43,44)45)10-12-27(20)29/h1-18H,(H,34,39)(H,35,37)(H,36,38)(H,40,41,42)(H,43,44,45). The third-order valence-corrected chi connectivity index (χ3v) is 8.96. The molecule has 5 aromatic carbocycles. The predicted molar refractivity (Wildman–Crippen MR) is 177 cm³/mol. The van der Waals surface area contributed by atoms with E-state index in [0.29, 0.717) is 32.9 Å². The summed E-state index contributed by atoms with van der Waals surface area (Å²) in [5.41, 5.74) is 0.630. The number of anilines is 3. The number of furan rings is 1. The topological polar surface area (TPSA) is 209 Å². The zero-order chi connectivity index (χ0) is 34.2. The fourth-order valence-corrected chi connectivity index (χ4v) is 6.05. The second kappa shape index (κ2) is 12.4. The number of benzene rings is 5. The molecule has 0 aliphatic heterocycles. The van der Waals surface area contributed by atoms with Gasteiger partial charge in [0.1, 0.15) is 0 Å². The molecule has 242 valence electrons. The molecular weight excluding hydrogens is 663 g/mol. The summed E-state index contributed by atoms with van der Waals surface area (Å²) in [7, 11) is -8.92. The van der Waals surface area contributed by atoms with Gasteiger partial charge >= 0.3 is 0 Å². The molecule has 0 fully saturated rings. The zero-order valence-electron chi connectivity index (χ0n) is 24.4. The number of amides is 3. The monoisotopic (exact) mass is 685 g/mol. The minimum atomic E-state index is -4.46. The maximum atomic E-state index is 13.6. The molecule has 13 nitrogen and oxygen atoms in total. The predicted octanol–water partition coefficient (Wildman–Crippen LogP) is 5.84. The highest BCUT2D eigenvalue weighted by atomic mass is 32.2. The molecule has 15 heteroatoms. The van der Waals surface area contributed by atoms with E-state index in [0.717, 1.165) is 0 Å². The van der Waals surface area contributed by atoms with Gasteiger partial charge in [-0.1, -0.05) is 36.4 Å². The van der Waals surface area contributed by atoms with Crippen LogP contribution >= 0.6 is 0 Å². The molecule has 0 radical (unpaired) electrons. The van der Waals surface area contributed by atoms with Crippen LogP contribution in [0.1, 0.15) is 31.3 Å². The van der Waals surface area contributed by atoms with E-state index >= 15 is 0 Å². The average Bonchev–Trinajstić information content (AvgIpc) is 3.59. The first-order valence-corrected chi connectivity index (χ1v) is 16.8. The molecular formula is C33H23N3O10S2. The van der Waals surface area contributed by atoms with Gasteiger partial charge in [0.05, 0.1) is 16.1 Å². The number of hydrogen-bond donors (Lipinski definition) is 5. The molecule has 6 rings (SSSR count). The first-order valence-electron chi connectivity index (χ1n) is 13.9. The fraction of sp³-hybridized carbons (Fsp3) is 0. The third kappa shape index (κ3) is 6.79. The van der Waals surface area contributed by atoms with Crippen LogP contribution in [0.3, 0.4) is 0 Å². The summed E-state index contributed by atoms with van der Waals surface area (Å²) in [6, 6.07) is 24.2. The Bertz CT molecular complexity index is 2350. The Labute approximate surface area is 272 Å². The van der Waals surface area contributed by atoms with Crippen LogP contribution in [-0.4, -0.2) is 43.7 Å². The molecule has 6 aromatic rings. The van der Waals surface area contributed by atoms with Gasteiger partial charge in [-0.25, -0.2) is 0 Å². The average molecular weight is 686 g/mol. The van der Waals surface area contributed by atoms with Crippen molar-refractivity contribution in [2.24, 2.45) is 0 Å². The van der Waals surface area contributed by atoms with Gasteiger partial charge in [0.15, 0.2) is 5.76 Å². The number of nitrogens with one attached hydrogen (secondary N) is 3. The van der Waals surface area contributed by atoms with Crippen molar-refractivity contribution in [1.29, 1.82) is 0 Å². The second-order valence-corrected chi connectivity index (χ2v) is 13.3. The highest BCUT2D eigenvalue weighted by molar-refractivity contribution is 7.86. The van der Waals surface area contributed by atoms with Crippen molar-refractivity contribution in [2.45, 2.75) is 9.79 Å². The van der Waals surface area contributed by atoms with E-state index in [9.17, 15) is 40.3 Å². The van der Waals surface area contributed by atoms with E-state index in [1.807, 2.05) is 0 Å². The number of rotatable bonds is 8. The second-order valence-electron chi connectivity index (χ2n) is 10.5. The molecule has 0 bridgehead atoms. The van der Waals surface area contributed by atoms with Gasteiger partial charge in [-0.05, 0) is 77.5 Å². The van der Waals surface area contributed by atoms with Crippen molar-refractivity contribution in [1.82, 2.24) is 0 Å². The van der Waals surface area contributed by atoms with E-state index in [4.69, 9.17) is 4.42 Å². The number of carbonyl (C=O) groups is 3. The van der Waals surface area contributed by atoms with E-state index in [1.54, 1.807) is 36.4 Å². The van der Waals surface area contributed by atoms with E-state index < -0.39 is 38.0 Å². The van der Waals surface area contributed by atoms with Crippen LogP contribution in [0.15, 0.2) is 124 Å². The molecule has 0 spiro atoms. The molecule has 0 saturated carbocycles. The summed E-state index contributed by atoms with van der Waals surface area (Å²) in [5, 5.41) is 9.86. The van der Waals surface area contributed by atoms with Crippen molar-refractivity contribution < 1.29 is 44.7 Å². The molecule has 1 heterocycles. The maximum Gasteiger partial charge on any atom is 0.294 e. The molecule has 1 aromatic heterocycles. The molecule has 48 heavy (non-hydrogen) atoms. The number of hydrogen-bond acceptors (Lipinski definition) is 8. The minimum absolute atomic E-state index is 0.0177. The van der Waals surface area contributed by atoms with Gasteiger partial charge in [0.25, 0.3) is 38.0 Å². The Kier molecular flexibility index (Phi) is 8.28. The lowest BCUT2D eigenvalue weighted by Gasteiger charge is -2.14.